The summed E-state index contributed by atoms with van der Waals surface area (Å²) in [6.45, 7) is 0. The molecule has 0 fully saturated rings. The molecule has 0 bridgehead atoms. The maximum atomic E-state index is 6.64. The monoisotopic (exact) mass is 807 g/mol. The summed E-state index contributed by atoms with van der Waals surface area (Å²) in [5.74, 6) is 0.790. The summed E-state index contributed by atoms with van der Waals surface area (Å²) in [7, 11) is 0. The van der Waals surface area contributed by atoms with E-state index in [-0.39, 0.29) is 20.1 Å². The van der Waals surface area contributed by atoms with Gasteiger partial charge in [-0.3, -0.25) is 4.98 Å². The number of furan rings is 2. The van der Waals surface area contributed by atoms with Gasteiger partial charge in [0, 0.05) is 70.7 Å². The normalized spacial score (nSPS) is 11.9. The second kappa shape index (κ2) is 10.5. The van der Waals surface area contributed by atoms with Crippen LogP contribution in [0.15, 0.2) is 155 Å². The third-order valence-electron chi connectivity index (χ3n) is 9.71. The van der Waals surface area contributed by atoms with Crippen LogP contribution in [0.3, 0.4) is 0 Å². The number of hydrogen-bond acceptors (Lipinski definition) is 3. The zero-order chi connectivity index (χ0) is 31.3. The zero-order valence-electron chi connectivity index (χ0n) is 25.8. The SMILES string of the molecule is [Ir].[c-]1cc(-c2cccc(-n3c4ccccc4c4ccccc43)c2)cc2c1c1nccn1c1oc(-c3ccc4oc5ccccc5c4c3)cc21. The average Bonchev–Trinajstić information content (AvgIpc) is 3.94. The van der Waals surface area contributed by atoms with Crippen molar-refractivity contribution in [1.82, 2.24) is 14.0 Å². The Morgan fingerprint density at radius 2 is 1.29 bits per heavy atom. The van der Waals surface area contributed by atoms with Crippen LogP contribution in [0.5, 0.6) is 0 Å². The maximum absolute atomic E-state index is 6.64. The van der Waals surface area contributed by atoms with Gasteiger partial charge in [-0.15, -0.1) is 18.2 Å². The predicted molar refractivity (Wildman–Crippen MR) is 194 cm³/mol. The van der Waals surface area contributed by atoms with E-state index in [0.29, 0.717) is 0 Å². The largest absolute Gasteiger partial charge is 0.456 e. The molecule has 0 aliphatic heterocycles. The molecule has 0 amide bonds. The van der Waals surface area contributed by atoms with Gasteiger partial charge in [-0.25, -0.2) is 0 Å². The van der Waals surface area contributed by atoms with Crippen molar-refractivity contribution < 1.29 is 28.9 Å². The molecule has 0 aliphatic carbocycles. The Morgan fingerprint density at radius 1 is 0.551 bits per heavy atom. The molecule has 0 unspecified atom stereocenters. The summed E-state index contributed by atoms with van der Waals surface area (Å²) >= 11 is 0. The first kappa shape index (κ1) is 28.1. The maximum Gasteiger partial charge on any atom is 0.196 e. The summed E-state index contributed by atoms with van der Waals surface area (Å²) in [5.41, 5.74) is 10.0. The van der Waals surface area contributed by atoms with Gasteiger partial charge in [0.15, 0.2) is 5.71 Å². The number of fused-ring (bicyclic) bond motifs is 12. The van der Waals surface area contributed by atoms with Crippen LogP contribution in [0.1, 0.15) is 0 Å². The molecule has 49 heavy (non-hydrogen) atoms. The van der Waals surface area contributed by atoms with Gasteiger partial charge in [0.05, 0.1) is 16.7 Å². The van der Waals surface area contributed by atoms with E-state index in [1.54, 1.807) is 0 Å². The minimum atomic E-state index is 0. The Hall–Kier alpha value is -5.94. The first-order valence-corrected chi connectivity index (χ1v) is 16.0. The Morgan fingerprint density at radius 3 is 2.12 bits per heavy atom. The van der Waals surface area contributed by atoms with Crippen molar-refractivity contribution in [3.8, 4) is 28.1 Å². The second-order valence-corrected chi connectivity index (χ2v) is 12.4. The number of rotatable bonds is 3. The van der Waals surface area contributed by atoms with Gasteiger partial charge in [0.1, 0.15) is 16.9 Å². The van der Waals surface area contributed by atoms with Crippen LogP contribution < -0.4 is 0 Å². The van der Waals surface area contributed by atoms with Crippen molar-refractivity contribution in [2.24, 2.45) is 0 Å². The fourth-order valence-electron chi connectivity index (χ4n) is 7.51. The first-order valence-electron chi connectivity index (χ1n) is 16.0. The molecular formula is C43H24IrN3O2-. The van der Waals surface area contributed by atoms with Crippen molar-refractivity contribution in [2.75, 3.05) is 0 Å². The van der Waals surface area contributed by atoms with Crippen LogP contribution >= 0.6 is 0 Å². The summed E-state index contributed by atoms with van der Waals surface area (Å²) in [6.07, 6.45) is 3.77. The van der Waals surface area contributed by atoms with E-state index in [1.807, 2.05) is 41.1 Å². The van der Waals surface area contributed by atoms with Gasteiger partial charge < -0.3 is 17.8 Å². The molecule has 5 heterocycles. The topological polar surface area (TPSA) is 48.5 Å². The Kier molecular flexibility index (Phi) is 6.04. The van der Waals surface area contributed by atoms with Crippen molar-refractivity contribution in [1.29, 1.82) is 0 Å². The number of para-hydroxylation sites is 3. The summed E-state index contributed by atoms with van der Waals surface area (Å²) < 4.78 is 17.1. The van der Waals surface area contributed by atoms with E-state index in [9.17, 15) is 0 Å². The molecule has 233 valence electrons. The summed E-state index contributed by atoms with van der Waals surface area (Å²) in [4.78, 5) is 4.71. The third-order valence-corrected chi connectivity index (χ3v) is 9.71. The molecule has 0 N–H and O–H groups in total. The third kappa shape index (κ3) is 4.05. The van der Waals surface area contributed by atoms with Crippen LogP contribution in [0, 0.1) is 6.07 Å². The molecule has 1 radical (unpaired) electrons. The molecular weight excluding hydrogens is 783 g/mol. The van der Waals surface area contributed by atoms with Crippen LogP contribution in [0.4, 0.5) is 0 Å². The van der Waals surface area contributed by atoms with E-state index >= 15 is 0 Å². The van der Waals surface area contributed by atoms with Crippen molar-refractivity contribution >= 4 is 71.3 Å². The fraction of sp³-hybridized carbons (Fsp3) is 0. The van der Waals surface area contributed by atoms with E-state index < -0.39 is 0 Å². The Bertz CT molecular complexity index is 3030. The van der Waals surface area contributed by atoms with Crippen LogP contribution in [-0.2, 0) is 20.1 Å². The van der Waals surface area contributed by atoms with Crippen molar-refractivity contribution in [2.45, 2.75) is 0 Å². The number of benzene rings is 6. The Balaban J connectivity index is 0.00000306. The smallest absolute Gasteiger partial charge is 0.196 e. The van der Waals surface area contributed by atoms with Crippen LogP contribution in [0.25, 0.3) is 99.4 Å². The van der Waals surface area contributed by atoms with E-state index in [1.165, 1.54) is 21.8 Å². The van der Waals surface area contributed by atoms with E-state index in [2.05, 4.69) is 120 Å². The van der Waals surface area contributed by atoms with Crippen molar-refractivity contribution in [3.05, 3.63) is 152 Å². The minimum absolute atomic E-state index is 0. The minimum Gasteiger partial charge on any atom is -0.456 e. The number of aromatic nitrogens is 3. The molecule has 0 atom stereocenters. The molecule has 11 rings (SSSR count). The van der Waals surface area contributed by atoms with Gasteiger partial charge >= 0.3 is 0 Å². The van der Waals surface area contributed by atoms with E-state index in [0.717, 1.165) is 77.6 Å². The average molecular weight is 807 g/mol. The zero-order valence-corrected chi connectivity index (χ0v) is 28.2. The molecule has 11 aromatic rings. The molecule has 6 heteroatoms. The van der Waals surface area contributed by atoms with Crippen LogP contribution in [-0.4, -0.2) is 14.0 Å². The number of nitrogens with zero attached hydrogens (tertiary/aromatic N) is 3. The standard InChI is InChI=1S/C43H24N3O2.Ir/c1-4-13-37-30(10-1)31-11-2-5-14-38(31)46(37)29-9-7-8-26(22-29)27-16-18-33-34(23-27)36-25-41(48-43(36)45-21-20-44-42(33)45)28-17-19-40-35(24-28)32-12-3-6-15-39(32)47-40;/h1-17,19-25H;/q-1;. The molecule has 6 aromatic carbocycles. The van der Waals surface area contributed by atoms with E-state index in [4.69, 9.17) is 13.8 Å². The second-order valence-electron chi connectivity index (χ2n) is 12.4. The molecule has 5 aromatic heterocycles. The number of imidazole rings is 1. The number of pyridine rings is 1. The van der Waals surface area contributed by atoms with Gasteiger partial charge in [-0.2, -0.15) is 0 Å². The Labute approximate surface area is 293 Å². The molecule has 0 saturated heterocycles. The molecule has 0 spiro atoms. The van der Waals surface area contributed by atoms with Gasteiger partial charge in [-0.1, -0.05) is 88.6 Å². The molecule has 0 saturated carbocycles. The predicted octanol–water partition coefficient (Wildman–Crippen LogP) is 11.4. The fourth-order valence-corrected chi connectivity index (χ4v) is 7.51. The molecule has 0 aliphatic rings. The van der Waals surface area contributed by atoms with Gasteiger partial charge in [-0.05, 0) is 54.6 Å². The number of hydrogen-bond donors (Lipinski definition) is 0. The summed E-state index contributed by atoms with van der Waals surface area (Å²) in [6, 6.07) is 50.4. The quantitative estimate of drug-likeness (QED) is 0.167. The van der Waals surface area contributed by atoms with Crippen molar-refractivity contribution in [3.63, 3.8) is 0 Å². The van der Waals surface area contributed by atoms with Crippen LogP contribution in [0.2, 0.25) is 0 Å². The van der Waals surface area contributed by atoms with Gasteiger partial charge in [0.25, 0.3) is 0 Å². The molecule has 5 nitrogen and oxygen atoms in total. The van der Waals surface area contributed by atoms with Gasteiger partial charge in [0.2, 0.25) is 0 Å². The first-order chi connectivity index (χ1) is 23.8. The summed E-state index contributed by atoms with van der Waals surface area (Å²) in [5, 5.41) is 7.68.